The summed E-state index contributed by atoms with van der Waals surface area (Å²) in [5.74, 6) is 0.125. The van der Waals surface area contributed by atoms with Gasteiger partial charge in [0.1, 0.15) is 0 Å². The Hall–Kier alpha value is -2.36. The minimum atomic E-state index is -0.433. The van der Waals surface area contributed by atoms with Crippen molar-refractivity contribution < 1.29 is 9.53 Å². The van der Waals surface area contributed by atoms with E-state index in [9.17, 15) is 4.79 Å². The van der Waals surface area contributed by atoms with E-state index in [1.165, 1.54) is 0 Å². The summed E-state index contributed by atoms with van der Waals surface area (Å²) in [6, 6.07) is 9.06. The van der Waals surface area contributed by atoms with Crippen molar-refractivity contribution in [3.8, 4) is 17.0 Å². The molecule has 0 bridgehead atoms. The molecule has 0 saturated carbocycles. The molecule has 1 aromatic carbocycles. The van der Waals surface area contributed by atoms with Crippen LogP contribution in [0.3, 0.4) is 0 Å². The van der Waals surface area contributed by atoms with E-state index in [1.807, 2.05) is 19.1 Å². The Bertz CT molecular complexity index is 577. The second kappa shape index (κ2) is 4.87. The van der Waals surface area contributed by atoms with Gasteiger partial charge in [0.25, 0.3) is 0 Å². The first-order valence-corrected chi connectivity index (χ1v) is 5.52. The second-order valence-corrected chi connectivity index (χ2v) is 3.98. The number of ether oxygens (including phenoxy) is 1. The van der Waals surface area contributed by atoms with Crippen LogP contribution in [0.4, 0.5) is 0 Å². The number of amides is 1. The molecule has 92 valence electrons. The van der Waals surface area contributed by atoms with Crippen LogP contribution in [-0.2, 0) is 0 Å². The van der Waals surface area contributed by atoms with Gasteiger partial charge in [0, 0.05) is 23.4 Å². The zero-order chi connectivity index (χ0) is 13.1. The molecule has 1 amide bonds. The first kappa shape index (κ1) is 12.1. The van der Waals surface area contributed by atoms with E-state index in [0.29, 0.717) is 11.4 Å². The Morgan fingerprint density at radius 2 is 2.06 bits per heavy atom. The van der Waals surface area contributed by atoms with E-state index >= 15 is 0 Å². The van der Waals surface area contributed by atoms with Crippen molar-refractivity contribution >= 4 is 5.91 Å². The second-order valence-electron chi connectivity index (χ2n) is 3.98. The maximum absolute atomic E-state index is 11.2. The molecule has 0 saturated heterocycles. The number of rotatable bonds is 3. The number of hydrogen-bond acceptors (Lipinski definition) is 3. The van der Waals surface area contributed by atoms with E-state index in [-0.39, 0.29) is 0 Å². The van der Waals surface area contributed by atoms with Gasteiger partial charge in [-0.25, -0.2) is 4.98 Å². The third kappa shape index (κ3) is 2.32. The molecule has 0 aliphatic rings. The maximum Gasteiger partial charge on any atom is 0.248 e. The number of nitrogens with two attached hydrogens (primary N) is 1. The fourth-order valence-electron chi connectivity index (χ4n) is 1.75. The van der Waals surface area contributed by atoms with Gasteiger partial charge < -0.3 is 10.5 Å². The average molecular weight is 242 g/mol. The van der Waals surface area contributed by atoms with Crippen molar-refractivity contribution in [2.24, 2.45) is 5.73 Å². The molecule has 2 N–H and O–H groups in total. The van der Waals surface area contributed by atoms with Gasteiger partial charge in [-0.1, -0.05) is 6.07 Å². The number of nitrogens with zero attached hydrogens (tertiary/aromatic N) is 1. The first-order chi connectivity index (χ1) is 8.61. The van der Waals surface area contributed by atoms with Gasteiger partial charge in [0.15, 0.2) is 0 Å². The molecule has 0 aliphatic heterocycles. The van der Waals surface area contributed by atoms with Crippen molar-refractivity contribution in [3.05, 3.63) is 47.7 Å². The number of aryl methyl sites for hydroxylation is 1. The van der Waals surface area contributed by atoms with E-state index in [4.69, 9.17) is 10.5 Å². The minimum Gasteiger partial charge on any atom is -0.481 e. The van der Waals surface area contributed by atoms with Crippen LogP contribution in [0.1, 0.15) is 15.9 Å². The van der Waals surface area contributed by atoms with E-state index in [1.54, 1.807) is 31.5 Å². The lowest BCUT2D eigenvalue weighted by atomic mass is 9.99. The molecular formula is C14H14N2O2. The lowest BCUT2D eigenvalue weighted by Crippen LogP contribution is -2.10. The highest BCUT2D eigenvalue weighted by atomic mass is 16.5. The van der Waals surface area contributed by atoms with Crippen LogP contribution in [0.15, 0.2) is 36.5 Å². The van der Waals surface area contributed by atoms with E-state index in [0.717, 1.165) is 16.7 Å². The summed E-state index contributed by atoms with van der Waals surface area (Å²) in [5, 5.41) is 0. The van der Waals surface area contributed by atoms with Crippen molar-refractivity contribution in [1.29, 1.82) is 0 Å². The lowest BCUT2D eigenvalue weighted by Gasteiger charge is -2.08. The van der Waals surface area contributed by atoms with Crippen LogP contribution in [0.25, 0.3) is 11.1 Å². The SMILES string of the molecule is COc1ccc(-c2cc(C(N)=O)ccc2C)cn1. The van der Waals surface area contributed by atoms with Crippen LogP contribution in [0.2, 0.25) is 0 Å². The molecule has 0 fully saturated rings. The van der Waals surface area contributed by atoms with Gasteiger partial charge in [-0.05, 0) is 36.2 Å². The highest BCUT2D eigenvalue weighted by Crippen LogP contribution is 2.25. The largest absolute Gasteiger partial charge is 0.481 e. The van der Waals surface area contributed by atoms with Crippen LogP contribution >= 0.6 is 0 Å². The number of primary amides is 1. The molecule has 0 spiro atoms. The predicted molar refractivity (Wildman–Crippen MR) is 69.5 cm³/mol. The summed E-state index contributed by atoms with van der Waals surface area (Å²) in [4.78, 5) is 15.3. The first-order valence-electron chi connectivity index (χ1n) is 5.52. The Balaban J connectivity index is 2.48. The van der Waals surface area contributed by atoms with Crippen molar-refractivity contribution in [2.45, 2.75) is 6.92 Å². The number of aromatic nitrogens is 1. The van der Waals surface area contributed by atoms with Gasteiger partial charge in [-0.3, -0.25) is 4.79 Å². The molecule has 2 aromatic rings. The lowest BCUT2D eigenvalue weighted by molar-refractivity contribution is 0.100. The number of benzene rings is 1. The normalized spacial score (nSPS) is 10.1. The summed E-state index contributed by atoms with van der Waals surface area (Å²) in [7, 11) is 1.57. The van der Waals surface area contributed by atoms with Crippen LogP contribution in [-0.4, -0.2) is 18.0 Å². The third-order valence-electron chi connectivity index (χ3n) is 2.78. The predicted octanol–water partition coefficient (Wildman–Crippen LogP) is 2.16. The smallest absolute Gasteiger partial charge is 0.248 e. The highest BCUT2D eigenvalue weighted by Gasteiger charge is 2.07. The molecule has 1 aromatic heterocycles. The Morgan fingerprint density at radius 3 is 2.61 bits per heavy atom. The van der Waals surface area contributed by atoms with E-state index < -0.39 is 5.91 Å². The van der Waals surface area contributed by atoms with Crippen molar-refractivity contribution in [2.75, 3.05) is 7.11 Å². The fourth-order valence-corrected chi connectivity index (χ4v) is 1.75. The van der Waals surface area contributed by atoms with Gasteiger partial charge in [-0.15, -0.1) is 0 Å². The van der Waals surface area contributed by atoms with Gasteiger partial charge in [0.2, 0.25) is 11.8 Å². The summed E-state index contributed by atoms with van der Waals surface area (Å²) < 4.78 is 5.01. The van der Waals surface area contributed by atoms with Gasteiger partial charge >= 0.3 is 0 Å². The van der Waals surface area contributed by atoms with Crippen molar-refractivity contribution in [1.82, 2.24) is 4.98 Å². The summed E-state index contributed by atoms with van der Waals surface area (Å²) >= 11 is 0. The van der Waals surface area contributed by atoms with Gasteiger partial charge in [-0.2, -0.15) is 0 Å². The molecule has 1 heterocycles. The monoisotopic (exact) mass is 242 g/mol. The Kier molecular flexibility index (Phi) is 3.28. The fraction of sp³-hybridized carbons (Fsp3) is 0.143. The van der Waals surface area contributed by atoms with Crippen LogP contribution in [0, 0.1) is 6.92 Å². The summed E-state index contributed by atoms with van der Waals surface area (Å²) in [5.41, 5.74) is 8.71. The van der Waals surface area contributed by atoms with Gasteiger partial charge in [0.05, 0.1) is 7.11 Å². The van der Waals surface area contributed by atoms with Crippen LogP contribution in [0.5, 0.6) is 5.88 Å². The molecule has 0 aliphatic carbocycles. The Labute approximate surface area is 105 Å². The molecule has 4 heteroatoms. The van der Waals surface area contributed by atoms with Crippen molar-refractivity contribution in [3.63, 3.8) is 0 Å². The minimum absolute atomic E-state index is 0.433. The average Bonchev–Trinajstić information content (AvgIpc) is 2.39. The quantitative estimate of drug-likeness (QED) is 0.897. The summed E-state index contributed by atoms with van der Waals surface area (Å²) in [6.45, 7) is 1.98. The topological polar surface area (TPSA) is 65.2 Å². The highest BCUT2D eigenvalue weighted by molar-refractivity contribution is 5.94. The van der Waals surface area contributed by atoms with Crippen LogP contribution < -0.4 is 10.5 Å². The number of hydrogen-bond donors (Lipinski definition) is 1. The molecule has 4 nitrogen and oxygen atoms in total. The number of carbonyl (C=O) groups excluding carboxylic acids is 1. The molecule has 0 radical (unpaired) electrons. The molecule has 18 heavy (non-hydrogen) atoms. The zero-order valence-corrected chi connectivity index (χ0v) is 10.3. The zero-order valence-electron chi connectivity index (χ0n) is 10.3. The number of pyridine rings is 1. The molecule has 0 unspecified atom stereocenters. The molecule has 2 rings (SSSR count). The Morgan fingerprint density at radius 1 is 1.28 bits per heavy atom. The summed E-state index contributed by atoms with van der Waals surface area (Å²) in [6.07, 6.45) is 1.71. The number of carbonyl (C=O) groups is 1. The number of methoxy groups -OCH3 is 1. The molecule has 0 atom stereocenters. The standard InChI is InChI=1S/C14H14N2O2/c1-9-3-4-10(14(15)17)7-12(9)11-5-6-13(18-2)16-8-11/h3-8H,1-2H3,(H2,15,17). The third-order valence-corrected chi connectivity index (χ3v) is 2.78. The van der Waals surface area contributed by atoms with E-state index in [2.05, 4.69) is 4.98 Å². The maximum atomic E-state index is 11.2. The molecular weight excluding hydrogens is 228 g/mol.